The van der Waals surface area contributed by atoms with E-state index in [4.69, 9.17) is 0 Å². The van der Waals surface area contributed by atoms with Gasteiger partial charge in [0, 0.05) is 10.1 Å². The second-order valence-electron chi connectivity index (χ2n) is 2.97. The third-order valence-corrected chi connectivity index (χ3v) is 3.24. The lowest BCUT2D eigenvalue weighted by Crippen LogP contribution is -1.97. The summed E-state index contributed by atoms with van der Waals surface area (Å²) in [6.07, 6.45) is 1.46. The minimum absolute atomic E-state index is 0.326. The number of aliphatic imine (C=N–C) groups is 1. The first-order valence-electron chi connectivity index (χ1n) is 4.45. The first-order chi connectivity index (χ1) is 7.77. The Labute approximate surface area is 95.2 Å². The number of nitrogens with zero attached hydrogens (tertiary/aromatic N) is 1. The molecule has 0 saturated heterocycles. The molecule has 2 rings (SSSR count). The van der Waals surface area contributed by atoms with Crippen LogP contribution >= 0.6 is 11.3 Å². The van der Waals surface area contributed by atoms with Crippen LogP contribution in [0.5, 0.6) is 0 Å². The molecule has 0 N–H and O–H groups in total. The van der Waals surface area contributed by atoms with Crippen LogP contribution in [0.2, 0.25) is 0 Å². The van der Waals surface area contributed by atoms with Gasteiger partial charge < -0.3 is 4.74 Å². The van der Waals surface area contributed by atoms with Crippen LogP contribution < -0.4 is 0 Å². The van der Waals surface area contributed by atoms with Crippen molar-refractivity contribution in [2.24, 2.45) is 4.99 Å². The van der Waals surface area contributed by atoms with E-state index in [0.29, 0.717) is 10.6 Å². The van der Waals surface area contributed by atoms with Gasteiger partial charge in [-0.05, 0) is 6.07 Å². The van der Waals surface area contributed by atoms with E-state index in [0.717, 1.165) is 10.1 Å². The highest BCUT2D eigenvalue weighted by molar-refractivity contribution is 7.21. The standard InChI is InChI=1S/C11H7NO3S/c1-15-11(14)10-9(12-6-13)7-4-2-3-5-8(7)16-10/h2-5H,1H3. The zero-order chi connectivity index (χ0) is 11.5. The summed E-state index contributed by atoms with van der Waals surface area (Å²) in [7, 11) is 1.29. The van der Waals surface area contributed by atoms with Crippen molar-refractivity contribution in [2.45, 2.75) is 0 Å². The summed E-state index contributed by atoms with van der Waals surface area (Å²) in [5.41, 5.74) is 0.336. The van der Waals surface area contributed by atoms with Crippen LogP contribution in [-0.2, 0) is 9.53 Å². The van der Waals surface area contributed by atoms with E-state index >= 15 is 0 Å². The van der Waals surface area contributed by atoms with Crippen molar-refractivity contribution in [3.8, 4) is 0 Å². The Bertz CT molecular complexity index is 596. The molecule has 0 fully saturated rings. The summed E-state index contributed by atoms with van der Waals surface area (Å²) < 4.78 is 5.52. The molecule has 5 heteroatoms. The maximum Gasteiger partial charge on any atom is 0.350 e. The van der Waals surface area contributed by atoms with E-state index in [9.17, 15) is 9.59 Å². The molecule has 1 aromatic carbocycles. The van der Waals surface area contributed by atoms with E-state index in [1.807, 2.05) is 18.2 Å². The molecule has 0 unspecified atom stereocenters. The molecular formula is C11H7NO3S. The largest absolute Gasteiger partial charge is 0.465 e. The number of fused-ring (bicyclic) bond motifs is 1. The topological polar surface area (TPSA) is 55.7 Å². The number of carbonyl (C=O) groups excluding carboxylic acids is 2. The average molecular weight is 233 g/mol. The Morgan fingerprint density at radius 1 is 1.44 bits per heavy atom. The summed E-state index contributed by atoms with van der Waals surface area (Å²) in [6, 6.07) is 7.33. The molecule has 2 aromatic rings. The van der Waals surface area contributed by atoms with E-state index < -0.39 is 5.97 Å². The number of benzene rings is 1. The normalized spacial score (nSPS) is 9.81. The molecule has 0 saturated carbocycles. The Morgan fingerprint density at radius 2 is 2.19 bits per heavy atom. The zero-order valence-electron chi connectivity index (χ0n) is 8.39. The van der Waals surface area contributed by atoms with Gasteiger partial charge in [0.25, 0.3) is 0 Å². The molecule has 1 heterocycles. The summed E-state index contributed by atoms with van der Waals surface area (Å²) in [5, 5.41) is 0.760. The van der Waals surface area contributed by atoms with Gasteiger partial charge in [-0.3, -0.25) is 0 Å². The second kappa shape index (κ2) is 4.26. The monoisotopic (exact) mass is 233 g/mol. The van der Waals surface area contributed by atoms with E-state index in [1.165, 1.54) is 24.5 Å². The maximum absolute atomic E-state index is 11.5. The molecular weight excluding hydrogens is 226 g/mol. The lowest BCUT2D eigenvalue weighted by atomic mass is 10.2. The van der Waals surface area contributed by atoms with Crippen molar-refractivity contribution in [2.75, 3.05) is 7.11 Å². The van der Waals surface area contributed by atoms with E-state index in [2.05, 4.69) is 9.73 Å². The summed E-state index contributed by atoms with van der Waals surface area (Å²) in [4.78, 5) is 25.7. The highest BCUT2D eigenvalue weighted by Gasteiger charge is 2.18. The lowest BCUT2D eigenvalue weighted by molar-refractivity contribution is 0.0607. The molecule has 0 atom stereocenters. The van der Waals surface area contributed by atoms with Crippen molar-refractivity contribution in [3.05, 3.63) is 29.1 Å². The van der Waals surface area contributed by atoms with Crippen molar-refractivity contribution < 1.29 is 14.3 Å². The van der Waals surface area contributed by atoms with Gasteiger partial charge in [-0.1, -0.05) is 18.2 Å². The van der Waals surface area contributed by atoms with Gasteiger partial charge in [0.2, 0.25) is 6.08 Å². The Hall–Kier alpha value is -1.97. The highest BCUT2D eigenvalue weighted by atomic mass is 32.1. The van der Waals surface area contributed by atoms with Crippen molar-refractivity contribution in [1.29, 1.82) is 0 Å². The predicted molar refractivity (Wildman–Crippen MR) is 60.9 cm³/mol. The fourth-order valence-electron chi connectivity index (χ4n) is 1.42. The number of carbonyl (C=O) groups is 1. The molecule has 0 bridgehead atoms. The lowest BCUT2D eigenvalue weighted by Gasteiger charge is -1.94. The number of methoxy groups -OCH3 is 1. The second-order valence-corrected chi connectivity index (χ2v) is 4.02. The predicted octanol–water partition coefficient (Wildman–Crippen LogP) is 2.66. The fraction of sp³-hybridized carbons (Fsp3) is 0.0909. The first kappa shape index (κ1) is 10.5. The van der Waals surface area contributed by atoms with Gasteiger partial charge in [0.1, 0.15) is 10.6 Å². The van der Waals surface area contributed by atoms with E-state index in [1.54, 1.807) is 6.07 Å². The number of rotatable bonds is 2. The molecule has 0 aliphatic rings. The third kappa shape index (κ3) is 1.62. The Balaban J connectivity index is 2.77. The molecule has 1 aromatic heterocycles. The van der Waals surface area contributed by atoms with Crippen LogP contribution in [0.1, 0.15) is 9.67 Å². The third-order valence-electron chi connectivity index (χ3n) is 2.10. The average Bonchev–Trinajstić information content (AvgIpc) is 2.68. The molecule has 4 nitrogen and oxygen atoms in total. The van der Waals surface area contributed by atoms with E-state index in [-0.39, 0.29) is 0 Å². The zero-order valence-corrected chi connectivity index (χ0v) is 9.21. The number of thiophene rings is 1. The summed E-state index contributed by atoms with van der Waals surface area (Å²) in [5.74, 6) is -0.491. The summed E-state index contributed by atoms with van der Waals surface area (Å²) in [6.45, 7) is 0. The number of hydrogen-bond donors (Lipinski definition) is 0. The van der Waals surface area contributed by atoms with Gasteiger partial charge in [0.05, 0.1) is 7.11 Å². The molecule has 0 spiro atoms. The van der Waals surface area contributed by atoms with Crippen LogP contribution in [-0.4, -0.2) is 19.2 Å². The van der Waals surface area contributed by atoms with Crippen LogP contribution in [0.15, 0.2) is 29.3 Å². The highest BCUT2D eigenvalue weighted by Crippen LogP contribution is 2.37. The van der Waals surface area contributed by atoms with Crippen LogP contribution in [0.25, 0.3) is 10.1 Å². The molecule has 0 amide bonds. The van der Waals surface area contributed by atoms with Crippen molar-refractivity contribution in [1.82, 2.24) is 0 Å². The fourth-order valence-corrected chi connectivity index (χ4v) is 2.48. The van der Waals surface area contributed by atoms with Gasteiger partial charge >= 0.3 is 5.97 Å². The number of esters is 1. The number of isocyanates is 1. The maximum atomic E-state index is 11.5. The quantitative estimate of drug-likeness (QED) is 0.455. The van der Waals surface area contributed by atoms with Crippen LogP contribution in [0, 0.1) is 0 Å². The van der Waals surface area contributed by atoms with Gasteiger partial charge in [-0.25, -0.2) is 9.59 Å². The smallest absolute Gasteiger partial charge is 0.350 e. The molecule has 16 heavy (non-hydrogen) atoms. The van der Waals surface area contributed by atoms with Gasteiger partial charge in [0.15, 0.2) is 0 Å². The Kier molecular flexibility index (Phi) is 2.81. The molecule has 0 aliphatic heterocycles. The SMILES string of the molecule is COC(=O)c1sc2ccccc2c1N=C=O. The van der Waals surface area contributed by atoms with Crippen molar-refractivity contribution >= 4 is 39.2 Å². The molecule has 0 aliphatic carbocycles. The molecule has 80 valence electrons. The van der Waals surface area contributed by atoms with Crippen LogP contribution in [0.3, 0.4) is 0 Å². The number of ether oxygens (including phenoxy) is 1. The minimum Gasteiger partial charge on any atom is -0.465 e. The van der Waals surface area contributed by atoms with Gasteiger partial charge in [-0.2, -0.15) is 4.99 Å². The van der Waals surface area contributed by atoms with Gasteiger partial charge in [-0.15, -0.1) is 11.3 Å². The number of hydrogen-bond acceptors (Lipinski definition) is 5. The Morgan fingerprint density at radius 3 is 2.88 bits per heavy atom. The summed E-state index contributed by atoms with van der Waals surface area (Å²) >= 11 is 1.25. The van der Waals surface area contributed by atoms with Crippen LogP contribution in [0.4, 0.5) is 5.69 Å². The first-order valence-corrected chi connectivity index (χ1v) is 5.27. The minimum atomic E-state index is -0.491. The molecule has 0 radical (unpaired) electrons. The van der Waals surface area contributed by atoms with Crippen molar-refractivity contribution in [3.63, 3.8) is 0 Å².